The minimum atomic E-state index is -0.643. The van der Waals surface area contributed by atoms with E-state index >= 15 is 0 Å². The van der Waals surface area contributed by atoms with Gasteiger partial charge in [-0.05, 0) is 31.8 Å². The molecule has 20 heavy (non-hydrogen) atoms. The SMILES string of the molecule is COCC(=O)N[C@H]1CO[C@@H](CN2CCC(C)CC2)[C@@H]1O. The normalized spacial score (nSPS) is 32.5. The summed E-state index contributed by atoms with van der Waals surface area (Å²) in [6, 6.07) is -0.327. The monoisotopic (exact) mass is 286 g/mol. The van der Waals surface area contributed by atoms with Gasteiger partial charge in [-0.25, -0.2) is 0 Å². The van der Waals surface area contributed by atoms with Gasteiger partial charge in [0.05, 0.1) is 18.8 Å². The van der Waals surface area contributed by atoms with E-state index in [2.05, 4.69) is 17.1 Å². The van der Waals surface area contributed by atoms with Crippen LogP contribution in [0.2, 0.25) is 0 Å². The fraction of sp³-hybridized carbons (Fsp3) is 0.929. The van der Waals surface area contributed by atoms with Crippen LogP contribution in [0.1, 0.15) is 19.8 Å². The molecule has 2 aliphatic rings. The van der Waals surface area contributed by atoms with Crippen LogP contribution in [0.4, 0.5) is 0 Å². The molecule has 0 aromatic carbocycles. The molecule has 0 spiro atoms. The molecule has 0 bridgehead atoms. The van der Waals surface area contributed by atoms with Gasteiger partial charge in [0.25, 0.3) is 0 Å². The minimum absolute atomic E-state index is 0.0118. The van der Waals surface area contributed by atoms with Crippen molar-refractivity contribution in [3.63, 3.8) is 0 Å². The van der Waals surface area contributed by atoms with E-state index in [0.717, 1.165) is 25.6 Å². The van der Waals surface area contributed by atoms with Crippen molar-refractivity contribution in [1.29, 1.82) is 0 Å². The van der Waals surface area contributed by atoms with Crippen molar-refractivity contribution >= 4 is 5.91 Å². The van der Waals surface area contributed by atoms with E-state index < -0.39 is 6.10 Å². The third kappa shape index (κ3) is 4.15. The number of hydrogen-bond donors (Lipinski definition) is 2. The van der Waals surface area contributed by atoms with E-state index in [1.54, 1.807) is 0 Å². The molecule has 0 radical (unpaired) electrons. The van der Waals surface area contributed by atoms with Crippen LogP contribution in [-0.4, -0.2) is 74.1 Å². The molecule has 0 aromatic rings. The van der Waals surface area contributed by atoms with Crippen LogP contribution in [0.15, 0.2) is 0 Å². The zero-order chi connectivity index (χ0) is 14.5. The first-order valence-corrected chi connectivity index (χ1v) is 7.40. The number of rotatable bonds is 5. The van der Waals surface area contributed by atoms with Gasteiger partial charge in [-0.2, -0.15) is 0 Å². The predicted octanol–water partition coefficient (Wildman–Crippen LogP) is -0.391. The number of piperidine rings is 1. The summed E-state index contributed by atoms with van der Waals surface area (Å²) in [5, 5.41) is 13.0. The van der Waals surface area contributed by atoms with Crippen LogP contribution in [0.5, 0.6) is 0 Å². The Hall–Kier alpha value is -0.690. The Bertz CT molecular complexity index is 318. The van der Waals surface area contributed by atoms with Crippen LogP contribution in [0.25, 0.3) is 0 Å². The van der Waals surface area contributed by atoms with Crippen LogP contribution >= 0.6 is 0 Å². The number of aliphatic hydroxyl groups excluding tert-OH is 1. The number of methoxy groups -OCH3 is 1. The summed E-state index contributed by atoms with van der Waals surface area (Å²) in [7, 11) is 1.47. The van der Waals surface area contributed by atoms with Crippen molar-refractivity contribution in [3.8, 4) is 0 Å². The van der Waals surface area contributed by atoms with E-state index in [0.29, 0.717) is 6.61 Å². The van der Waals surface area contributed by atoms with Gasteiger partial charge in [0.15, 0.2) is 0 Å². The fourth-order valence-corrected chi connectivity index (χ4v) is 2.85. The van der Waals surface area contributed by atoms with Gasteiger partial charge < -0.3 is 24.8 Å². The van der Waals surface area contributed by atoms with Crippen molar-refractivity contribution in [2.45, 2.75) is 38.0 Å². The lowest BCUT2D eigenvalue weighted by molar-refractivity contribution is -0.126. The first-order valence-electron chi connectivity index (χ1n) is 7.40. The van der Waals surface area contributed by atoms with Gasteiger partial charge in [-0.1, -0.05) is 6.92 Å². The Balaban J connectivity index is 1.76. The largest absolute Gasteiger partial charge is 0.388 e. The summed E-state index contributed by atoms with van der Waals surface area (Å²) in [5.74, 6) is 0.578. The van der Waals surface area contributed by atoms with Crippen molar-refractivity contribution in [3.05, 3.63) is 0 Å². The summed E-state index contributed by atoms with van der Waals surface area (Å²) >= 11 is 0. The van der Waals surface area contributed by atoms with Crippen LogP contribution in [0.3, 0.4) is 0 Å². The predicted molar refractivity (Wildman–Crippen MR) is 74.4 cm³/mol. The highest BCUT2D eigenvalue weighted by Gasteiger charge is 2.37. The Morgan fingerprint density at radius 2 is 2.15 bits per heavy atom. The van der Waals surface area contributed by atoms with Crippen LogP contribution < -0.4 is 5.32 Å². The highest BCUT2D eigenvalue weighted by Crippen LogP contribution is 2.20. The van der Waals surface area contributed by atoms with E-state index in [1.165, 1.54) is 20.0 Å². The third-order valence-electron chi connectivity index (χ3n) is 4.22. The van der Waals surface area contributed by atoms with Crippen LogP contribution in [0, 0.1) is 5.92 Å². The molecule has 2 aliphatic heterocycles. The van der Waals surface area contributed by atoms with Gasteiger partial charge in [-0.3, -0.25) is 4.79 Å². The standard InChI is InChI=1S/C14H26N2O4/c1-10-3-5-16(6-4-10)7-12-14(18)11(8-20-12)15-13(17)9-19-2/h10-12,14,18H,3-9H2,1-2H3,(H,15,17)/t11-,12-,14+/m0/s1. The molecule has 2 N–H and O–H groups in total. The molecule has 2 fully saturated rings. The quantitative estimate of drug-likeness (QED) is 0.720. The summed E-state index contributed by atoms with van der Waals surface area (Å²) in [4.78, 5) is 13.8. The first-order chi connectivity index (χ1) is 9.60. The topological polar surface area (TPSA) is 71.0 Å². The van der Waals surface area contributed by atoms with Crippen molar-refractivity contribution in [2.24, 2.45) is 5.92 Å². The molecular weight excluding hydrogens is 260 g/mol. The average molecular weight is 286 g/mol. The van der Waals surface area contributed by atoms with Gasteiger partial charge >= 0.3 is 0 Å². The summed E-state index contributed by atoms with van der Waals surface area (Å²) < 4.78 is 10.4. The number of ether oxygens (including phenoxy) is 2. The average Bonchev–Trinajstić information content (AvgIpc) is 2.74. The maximum absolute atomic E-state index is 11.5. The summed E-state index contributed by atoms with van der Waals surface area (Å²) in [6.07, 6.45) is 1.56. The van der Waals surface area contributed by atoms with Crippen molar-refractivity contribution in [1.82, 2.24) is 10.2 Å². The van der Waals surface area contributed by atoms with E-state index in [4.69, 9.17) is 9.47 Å². The number of carbonyl (C=O) groups excluding carboxylic acids is 1. The lowest BCUT2D eigenvalue weighted by Crippen LogP contribution is -2.48. The highest BCUT2D eigenvalue weighted by atomic mass is 16.5. The van der Waals surface area contributed by atoms with Crippen molar-refractivity contribution < 1.29 is 19.4 Å². The molecule has 2 heterocycles. The molecule has 116 valence electrons. The highest BCUT2D eigenvalue weighted by molar-refractivity contribution is 5.77. The molecule has 0 aromatic heterocycles. The van der Waals surface area contributed by atoms with Crippen molar-refractivity contribution in [2.75, 3.05) is 40.0 Å². The molecule has 6 nitrogen and oxygen atoms in total. The lowest BCUT2D eigenvalue weighted by atomic mass is 9.98. The molecule has 2 rings (SSSR count). The maximum atomic E-state index is 11.5. The Labute approximate surface area is 120 Å². The second kappa shape index (κ2) is 7.36. The lowest BCUT2D eigenvalue weighted by Gasteiger charge is -2.32. The zero-order valence-corrected chi connectivity index (χ0v) is 12.4. The van der Waals surface area contributed by atoms with Gasteiger partial charge in [0.1, 0.15) is 12.7 Å². The second-order valence-corrected chi connectivity index (χ2v) is 5.95. The molecule has 0 aliphatic carbocycles. The molecule has 3 atom stereocenters. The molecule has 2 saturated heterocycles. The zero-order valence-electron chi connectivity index (χ0n) is 12.4. The molecule has 0 unspecified atom stereocenters. The molecule has 0 saturated carbocycles. The Morgan fingerprint density at radius 3 is 2.80 bits per heavy atom. The Kier molecular flexibility index (Phi) is 5.77. The number of aliphatic hydroxyl groups is 1. The van der Waals surface area contributed by atoms with Crippen LogP contribution in [-0.2, 0) is 14.3 Å². The van der Waals surface area contributed by atoms with E-state index in [1.807, 2.05) is 0 Å². The summed E-state index contributed by atoms with van der Waals surface area (Å²) in [6.45, 7) is 5.52. The molecular formula is C14H26N2O4. The summed E-state index contributed by atoms with van der Waals surface area (Å²) in [5.41, 5.74) is 0. The van der Waals surface area contributed by atoms with E-state index in [9.17, 15) is 9.90 Å². The molecule has 1 amide bonds. The third-order valence-corrected chi connectivity index (χ3v) is 4.22. The number of carbonyl (C=O) groups is 1. The van der Waals surface area contributed by atoms with E-state index in [-0.39, 0.29) is 24.7 Å². The first kappa shape index (κ1) is 15.7. The number of hydrogen-bond acceptors (Lipinski definition) is 5. The molecule has 6 heteroatoms. The van der Waals surface area contributed by atoms with Gasteiger partial charge in [-0.15, -0.1) is 0 Å². The number of likely N-dealkylation sites (tertiary alicyclic amines) is 1. The second-order valence-electron chi connectivity index (χ2n) is 5.95. The van der Waals surface area contributed by atoms with Gasteiger partial charge in [0, 0.05) is 13.7 Å². The smallest absolute Gasteiger partial charge is 0.246 e. The number of nitrogens with one attached hydrogen (secondary N) is 1. The maximum Gasteiger partial charge on any atom is 0.246 e. The number of nitrogens with zero attached hydrogens (tertiary/aromatic N) is 1. The fourth-order valence-electron chi connectivity index (χ4n) is 2.85. The Morgan fingerprint density at radius 1 is 1.45 bits per heavy atom. The number of amides is 1. The minimum Gasteiger partial charge on any atom is -0.388 e. The van der Waals surface area contributed by atoms with Gasteiger partial charge in [0.2, 0.25) is 5.91 Å².